The van der Waals surface area contributed by atoms with Crippen LogP contribution < -0.4 is 5.32 Å². The molecule has 0 atom stereocenters. The highest BCUT2D eigenvalue weighted by atomic mass is 16.5. The summed E-state index contributed by atoms with van der Waals surface area (Å²) < 4.78 is 6.77. The minimum absolute atomic E-state index is 0.238. The number of nitrogens with one attached hydrogen (secondary N) is 1. The average molecular weight is 347 g/mol. The third-order valence-corrected chi connectivity index (χ3v) is 4.27. The predicted octanol–water partition coefficient (Wildman–Crippen LogP) is 1.72. The second-order valence-corrected chi connectivity index (χ2v) is 6.41. The van der Waals surface area contributed by atoms with Gasteiger partial charge >= 0.3 is 6.03 Å². The van der Waals surface area contributed by atoms with Gasteiger partial charge in [0, 0.05) is 26.7 Å². The summed E-state index contributed by atoms with van der Waals surface area (Å²) in [6.07, 6.45) is 7.43. The Bertz CT molecular complexity index is 690. The molecule has 2 aromatic rings. The van der Waals surface area contributed by atoms with Crippen molar-refractivity contribution in [2.75, 3.05) is 32.0 Å². The molecule has 0 aliphatic carbocycles. The molecule has 1 saturated heterocycles. The molecule has 9 heteroatoms. The number of nitrogens with zero attached hydrogens (tertiary/aromatic N) is 6. The van der Waals surface area contributed by atoms with E-state index in [4.69, 9.17) is 4.52 Å². The van der Waals surface area contributed by atoms with Crippen LogP contribution in [0.15, 0.2) is 16.9 Å². The lowest BCUT2D eigenvalue weighted by Crippen LogP contribution is -2.32. The first-order valence-electron chi connectivity index (χ1n) is 8.66. The molecule has 0 unspecified atom stereocenters. The lowest BCUT2D eigenvalue weighted by Gasteiger charge is -2.26. The van der Waals surface area contributed by atoms with Gasteiger partial charge in [-0.25, -0.2) is 4.79 Å². The molecule has 3 rings (SSSR count). The largest absolute Gasteiger partial charge is 0.340 e. The van der Waals surface area contributed by atoms with Crippen LogP contribution >= 0.6 is 0 Å². The van der Waals surface area contributed by atoms with Gasteiger partial charge in [-0.05, 0) is 25.9 Å². The fraction of sp³-hybridized carbons (Fsp3) is 0.625. The van der Waals surface area contributed by atoms with Crippen molar-refractivity contribution in [1.29, 1.82) is 0 Å². The van der Waals surface area contributed by atoms with Crippen molar-refractivity contribution in [3.63, 3.8) is 0 Å². The molecule has 2 aromatic heterocycles. The number of carbonyl (C=O) groups is 1. The number of piperidine rings is 1. The molecule has 9 nitrogen and oxygen atoms in total. The van der Waals surface area contributed by atoms with E-state index in [0.717, 1.165) is 13.1 Å². The smallest absolute Gasteiger partial charge is 0.322 e. The highest BCUT2D eigenvalue weighted by molar-refractivity contribution is 5.88. The summed E-state index contributed by atoms with van der Waals surface area (Å²) in [5.74, 6) is 0.964. The Balaban J connectivity index is 1.45. The van der Waals surface area contributed by atoms with Crippen molar-refractivity contribution >= 4 is 11.7 Å². The number of aromatic nitrogens is 4. The molecule has 0 radical (unpaired) electrons. The molecule has 0 spiro atoms. The van der Waals surface area contributed by atoms with Crippen molar-refractivity contribution in [2.45, 2.75) is 39.3 Å². The minimum atomic E-state index is -0.238. The zero-order valence-electron chi connectivity index (χ0n) is 14.8. The molecule has 1 aliphatic rings. The van der Waals surface area contributed by atoms with Crippen molar-refractivity contribution in [1.82, 2.24) is 29.7 Å². The first-order chi connectivity index (χ1) is 12.1. The predicted molar refractivity (Wildman–Crippen MR) is 92.0 cm³/mol. The summed E-state index contributed by atoms with van der Waals surface area (Å²) in [5.41, 5.74) is 0.680. The molecule has 0 saturated carbocycles. The van der Waals surface area contributed by atoms with Gasteiger partial charge in [0.1, 0.15) is 0 Å². The van der Waals surface area contributed by atoms with Gasteiger partial charge in [-0.15, -0.1) is 0 Å². The molecular weight excluding hydrogens is 322 g/mol. The van der Waals surface area contributed by atoms with Gasteiger partial charge in [-0.2, -0.15) is 10.1 Å². The highest BCUT2D eigenvalue weighted by Gasteiger charge is 2.14. The van der Waals surface area contributed by atoms with Crippen LogP contribution in [-0.2, 0) is 13.1 Å². The lowest BCUT2D eigenvalue weighted by atomic mass is 10.1. The summed E-state index contributed by atoms with van der Waals surface area (Å²) in [6.45, 7) is 6.16. The zero-order valence-corrected chi connectivity index (χ0v) is 14.8. The van der Waals surface area contributed by atoms with Crippen LogP contribution in [0.2, 0.25) is 0 Å². The van der Waals surface area contributed by atoms with Crippen molar-refractivity contribution in [3.05, 3.63) is 24.1 Å². The van der Waals surface area contributed by atoms with Crippen molar-refractivity contribution < 1.29 is 9.32 Å². The number of likely N-dealkylation sites (tertiary alicyclic amines) is 1. The molecule has 2 amide bonds. The van der Waals surface area contributed by atoms with E-state index in [2.05, 4.69) is 25.5 Å². The number of urea groups is 1. The van der Waals surface area contributed by atoms with Crippen LogP contribution in [0.5, 0.6) is 0 Å². The van der Waals surface area contributed by atoms with Gasteiger partial charge in [-0.3, -0.25) is 4.68 Å². The SMILES string of the molecule is Cc1nc(CN(C)C(=O)Nc2cnn(CCN3CCCCC3)c2)no1. The number of hydrogen-bond donors (Lipinski definition) is 1. The average Bonchev–Trinajstić information content (AvgIpc) is 3.23. The maximum absolute atomic E-state index is 12.2. The summed E-state index contributed by atoms with van der Waals surface area (Å²) in [4.78, 5) is 20.3. The van der Waals surface area contributed by atoms with Gasteiger partial charge in [0.15, 0.2) is 5.82 Å². The molecule has 25 heavy (non-hydrogen) atoms. The Labute approximate surface area is 147 Å². The molecule has 136 valence electrons. The highest BCUT2D eigenvalue weighted by Crippen LogP contribution is 2.10. The number of anilines is 1. The van der Waals surface area contributed by atoms with Crippen molar-refractivity contribution in [2.24, 2.45) is 0 Å². The fourth-order valence-corrected chi connectivity index (χ4v) is 2.89. The van der Waals surface area contributed by atoms with Gasteiger partial charge < -0.3 is 19.6 Å². The Morgan fingerprint density at radius 3 is 2.84 bits per heavy atom. The van der Waals surface area contributed by atoms with Gasteiger partial charge in [0.05, 0.1) is 25.0 Å². The number of aryl methyl sites for hydroxylation is 1. The number of hydrogen-bond acceptors (Lipinski definition) is 6. The Kier molecular flexibility index (Phi) is 5.64. The first-order valence-corrected chi connectivity index (χ1v) is 8.66. The van der Waals surface area contributed by atoms with E-state index in [1.807, 2.05) is 10.9 Å². The van der Waals surface area contributed by atoms with Crippen LogP contribution in [-0.4, -0.2) is 62.4 Å². The summed E-state index contributed by atoms with van der Waals surface area (Å²) >= 11 is 0. The van der Waals surface area contributed by atoms with E-state index in [-0.39, 0.29) is 12.6 Å². The first kappa shape index (κ1) is 17.4. The minimum Gasteiger partial charge on any atom is -0.340 e. The Morgan fingerprint density at radius 1 is 1.32 bits per heavy atom. The number of carbonyl (C=O) groups excluding carboxylic acids is 1. The number of amides is 2. The lowest BCUT2D eigenvalue weighted by molar-refractivity contribution is 0.218. The van der Waals surface area contributed by atoms with Gasteiger partial charge in [0.25, 0.3) is 0 Å². The third-order valence-electron chi connectivity index (χ3n) is 4.27. The van der Waals surface area contributed by atoms with Crippen molar-refractivity contribution in [3.8, 4) is 0 Å². The summed E-state index contributed by atoms with van der Waals surface area (Å²) in [7, 11) is 1.68. The van der Waals surface area contributed by atoms with E-state index in [0.29, 0.717) is 17.4 Å². The van der Waals surface area contributed by atoms with E-state index in [1.165, 1.54) is 37.3 Å². The Morgan fingerprint density at radius 2 is 2.12 bits per heavy atom. The maximum Gasteiger partial charge on any atom is 0.322 e. The quantitative estimate of drug-likeness (QED) is 0.855. The van der Waals surface area contributed by atoms with Crippen LogP contribution in [0.1, 0.15) is 31.0 Å². The topological polar surface area (TPSA) is 92.3 Å². The Hall–Kier alpha value is -2.42. The monoisotopic (exact) mass is 347 g/mol. The molecule has 1 N–H and O–H groups in total. The van der Waals surface area contributed by atoms with Crippen LogP contribution in [0.25, 0.3) is 0 Å². The van der Waals surface area contributed by atoms with Crippen LogP contribution in [0.4, 0.5) is 10.5 Å². The van der Waals surface area contributed by atoms with Crippen LogP contribution in [0.3, 0.4) is 0 Å². The molecule has 3 heterocycles. The van der Waals surface area contributed by atoms with E-state index in [9.17, 15) is 4.79 Å². The summed E-state index contributed by atoms with van der Waals surface area (Å²) in [6, 6.07) is -0.238. The maximum atomic E-state index is 12.2. The van der Waals surface area contributed by atoms with E-state index < -0.39 is 0 Å². The van der Waals surface area contributed by atoms with E-state index >= 15 is 0 Å². The standard InChI is InChI=1S/C16H25N7O2/c1-13-18-15(20-25-13)12-21(2)16(24)19-14-10-17-23(11-14)9-8-22-6-4-3-5-7-22/h10-11H,3-9,12H2,1-2H3,(H,19,24). The second-order valence-electron chi connectivity index (χ2n) is 6.41. The van der Waals surface area contributed by atoms with Gasteiger partial charge in [0.2, 0.25) is 5.89 Å². The van der Waals surface area contributed by atoms with Crippen LogP contribution in [0, 0.1) is 6.92 Å². The molecular formula is C16H25N7O2. The number of rotatable bonds is 6. The molecule has 1 aliphatic heterocycles. The second kappa shape index (κ2) is 8.11. The molecule has 0 bridgehead atoms. The zero-order chi connectivity index (χ0) is 17.6. The van der Waals surface area contributed by atoms with E-state index in [1.54, 1.807) is 20.2 Å². The molecule has 1 fully saturated rings. The fourth-order valence-electron chi connectivity index (χ4n) is 2.89. The molecule has 0 aromatic carbocycles. The third kappa shape index (κ3) is 5.02. The summed E-state index contributed by atoms with van der Waals surface area (Å²) in [5, 5.41) is 10.9. The normalized spacial score (nSPS) is 15.3. The van der Waals surface area contributed by atoms with Gasteiger partial charge in [-0.1, -0.05) is 11.6 Å².